The van der Waals surface area contributed by atoms with Gasteiger partial charge >= 0.3 is 12.2 Å². The minimum absolute atomic E-state index is 0.0330. The van der Waals surface area contributed by atoms with E-state index in [0.717, 1.165) is 11.1 Å². The number of amides is 3. The Labute approximate surface area is 174 Å². The predicted octanol–water partition coefficient (Wildman–Crippen LogP) is 2.42. The van der Waals surface area contributed by atoms with Crippen LogP contribution in [0.25, 0.3) is 0 Å². The fraction of sp³-hybridized carbons (Fsp3) is 0.286. The molecule has 0 radical (unpaired) electrons. The van der Waals surface area contributed by atoms with Gasteiger partial charge in [0.15, 0.2) is 0 Å². The molecule has 6 N–H and O–H groups in total. The molecule has 0 aromatic heterocycles. The lowest BCUT2D eigenvalue weighted by molar-refractivity contribution is -0.117. The third-order valence-electron chi connectivity index (χ3n) is 4.13. The summed E-state index contributed by atoms with van der Waals surface area (Å²) in [5.41, 5.74) is 13.2. The van der Waals surface area contributed by atoms with E-state index in [1.165, 1.54) is 0 Å². The smallest absolute Gasteiger partial charge is 0.429 e. The highest BCUT2D eigenvalue weighted by Crippen LogP contribution is 2.14. The van der Waals surface area contributed by atoms with E-state index in [1.54, 1.807) is 36.4 Å². The molecule has 0 heterocycles. The summed E-state index contributed by atoms with van der Waals surface area (Å²) < 4.78 is 10.2. The van der Waals surface area contributed by atoms with Crippen molar-refractivity contribution in [1.29, 1.82) is 0 Å². The van der Waals surface area contributed by atoms with E-state index in [1.807, 2.05) is 19.1 Å². The molecule has 9 nitrogen and oxygen atoms in total. The number of anilines is 1. The van der Waals surface area contributed by atoms with Crippen molar-refractivity contribution in [2.24, 2.45) is 11.5 Å². The molecule has 0 fully saturated rings. The molecule has 0 aliphatic carbocycles. The van der Waals surface area contributed by atoms with Crippen LogP contribution in [0.2, 0.25) is 0 Å². The molecule has 3 amide bonds. The second-order valence-electron chi connectivity index (χ2n) is 6.68. The van der Waals surface area contributed by atoms with Gasteiger partial charge in [-0.25, -0.2) is 9.59 Å². The van der Waals surface area contributed by atoms with Gasteiger partial charge in [-0.2, -0.15) is 0 Å². The Morgan fingerprint density at radius 1 is 1.03 bits per heavy atom. The van der Waals surface area contributed by atoms with Crippen LogP contribution in [0, 0.1) is 6.92 Å². The quantitative estimate of drug-likeness (QED) is 0.282. The summed E-state index contributed by atoms with van der Waals surface area (Å²) in [7, 11) is 0. The van der Waals surface area contributed by atoms with Crippen molar-refractivity contribution >= 4 is 23.8 Å². The molecule has 1 atom stereocenters. The van der Waals surface area contributed by atoms with Gasteiger partial charge in [-0.05, 0) is 49.6 Å². The van der Waals surface area contributed by atoms with Crippen molar-refractivity contribution in [2.75, 3.05) is 11.9 Å². The molecular weight excluding hydrogens is 388 g/mol. The molecule has 160 valence electrons. The molecule has 0 saturated heterocycles. The third-order valence-corrected chi connectivity index (χ3v) is 4.13. The van der Waals surface area contributed by atoms with Crippen LogP contribution in [-0.4, -0.2) is 30.7 Å². The summed E-state index contributed by atoms with van der Waals surface area (Å²) in [5, 5.41) is 5.15. The molecule has 0 aliphatic heterocycles. The van der Waals surface area contributed by atoms with Crippen molar-refractivity contribution in [3.8, 4) is 5.75 Å². The van der Waals surface area contributed by atoms with Crippen LogP contribution >= 0.6 is 0 Å². The van der Waals surface area contributed by atoms with Crippen molar-refractivity contribution in [3.05, 3.63) is 59.7 Å². The standard InChI is InChI=1S/C21H26N4O5/c1-14-4-10-17(11-5-14)30-21(28)29-13-15-6-8-16(9-7-15)25-19(26)18(22)3-2-12-24-20(23)27/h4-11,18H,2-3,12-13,22H2,1H3,(H,25,26)(H3,23,24,27)/t18-/m0/s1. The first kappa shape index (κ1) is 22.7. The highest BCUT2D eigenvalue weighted by Gasteiger charge is 2.13. The van der Waals surface area contributed by atoms with Crippen LogP contribution in [0.5, 0.6) is 5.75 Å². The summed E-state index contributed by atoms with van der Waals surface area (Å²) in [6.45, 7) is 2.33. The minimum atomic E-state index is -0.798. The highest BCUT2D eigenvalue weighted by molar-refractivity contribution is 5.94. The Balaban J connectivity index is 1.73. The number of aryl methyl sites for hydroxylation is 1. The maximum Gasteiger partial charge on any atom is 0.514 e. The van der Waals surface area contributed by atoms with E-state index in [2.05, 4.69) is 10.6 Å². The number of benzene rings is 2. The van der Waals surface area contributed by atoms with Crippen LogP contribution in [0.15, 0.2) is 48.5 Å². The lowest BCUT2D eigenvalue weighted by Crippen LogP contribution is -2.37. The van der Waals surface area contributed by atoms with E-state index in [0.29, 0.717) is 30.8 Å². The maximum atomic E-state index is 12.1. The van der Waals surface area contributed by atoms with Gasteiger partial charge in [0.05, 0.1) is 6.04 Å². The molecule has 0 spiro atoms. The lowest BCUT2D eigenvalue weighted by atomic mass is 10.1. The highest BCUT2D eigenvalue weighted by atomic mass is 16.7. The Kier molecular flexibility index (Phi) is 8.64. The van der Waals surface area contributed by atoms with Crippen molar-refractivity contribution in [3.63, 3.8) is 0 Å². The molecular formula is C21H26N4O5. The van der Waals surface area contributed by atoms with E-state index < -0.39 is 18.2 Å². The van der Waals surface area contributed by atoms with E-state index in [-0.39, 0.29) is 12.5 Å². The average Bonchev–Trinajstić information content (AvgIpc) is 2.72. The normalized spacial score (nSPS) is 11.3. The Hall–Kier alpha value is -3.59. The molecule has 9 heteroatoms. The fourth-order valence-corrected chi connectivity index (χ4v) is 2.46. The number of primary amides is 1. The van der Waals surface area contributed by atoms with Gasteiger partial charge in [0, 0.05) is 12.2 Å². The van der Waals surface area contributed by atoms with Crippen LogP contribution in [-0.2, 0) is 16.1 Å². The largest absolute Gasteiger partial charge is 0.514 e. The van der Waals surface area contributed by atoms with Gasteiger partial charge in [0.25, 0.3) is 0 Å². The Morgan fingerprint density at radius 3 is 2.33 bits per heavy atom. The summed E-state index contributed by atoms with van der Waals surface area (Å²) in [4.78, 5) is 34.4. The van der Waals surface area contributed by atoms with E-state index in [9.17, 15) is 14.4 Å². The first-order valence-electron chi connectivity index (χ1n) is 9.43. The number of urea groups is 1. The fourth-order valence-electron chi connectivity index (χ4n) is 2.46. The number of rotatable bonds is 9. The summed E-state index contributed by atoms with van der Waals surface area (Å²) in [6.07, 6.45) is 0.140. The van der Waals surface area contributed by atoms with Gasteiger partial charge in [-0.3, -0.25) is 4.79 Å². The van der Waals surface area contributed by atoms with Crippen molar-refractivity contribution < 1.29 is 23.9 Å². The molecule has 0 unspecified atom stereocenters. The van der Waals surface area contributed by atoms with Gasteiger partial charge in [0.2, 0.25) is 5.91 Å². The number of carbonyl (C=O) groups is 3. The molecule has 0 saturated carbocycles. The molecule has 0 bridgehead atoms. The molecule has 2 aromatic rings. The topological polar surface area (TPSA) is 146 Å². The second-order valence-corrected chi connectivity index (χ2v) is 6.68. The summed E-state index contributed by atoms with van der Waals surface area (Å²) in [6, 6.07) is 12.5. The molecule has 0 aliphatic rings. The SMILES string of the molecule is Cc1ccc(OC(=O)OCc2ccc(NC(=O)[C@@H](N)CCCNC(N)=O)cc2)cc1. The average molecular weight is 414 g/mol. The van der Waals surface area contributed by atoms with E-state index >= 15 is 0 Å². The second kappa shape index (κ2) is 11.4. The van der Waals surface area contributed by atoms with Crippen LogP contribution in [0.3, 0.4) is 0 Å². The maximum absolute atomic E-state index is 12.1. The van der Waals surface area contributed by atoms with Crippen LogP contribution in [0.1, 0.15) is 24.0 Å². The van der Waals surface area contributed by atoms with E-state index in [4.69, 9.17) is 20.9 Å². The number of ether oxygens (including phenoxy) is 2. The number of nitrogens with two attached hydrogens (primary N) is 2. The van der Waals surface area contributed by atoms with Crippen LogP contribution < -0.4 is 26.8 Å². The van der Waals surface area contributed by atoms with Gasteiger partial charge in [0.1, 0.15) is 12.4 Å². The van der Waals surface area contributed by atoms with Crippen molar-refractivity contribution in [1.82, 2.24) is 5.32 Å². The lowest BCUT2D eigenvalue weighted by Gasteiger charge is -2.13. The zero-order chi connectivity index (χ0) is 21.9. The zero-order valence-electron chi connectivity index (χ0n) is 16.7. The minimum Gasteiger partial charge on any atom is -0.429 e. The predicted molar refractivity (Wildman–Crippen MR) is 112 cm³/mol. The van der Waals surface area contributed by atoms with Gasteiger partial charge in [-0.15, -0.1) is 0 Å². The third kappa shape index (κ3) is 8.19. The number of hydrogen-bond acceptors (Lipinski definition) is 6. The van der Waals surface area contributed by atoms with Crippen molar-refractivity contribution in [2.45, 2.75) is 32.4 Å². The van der Waals surface area contributed by atoms with Crippen LogP contribution in [0.4, 0.5) is 15.3 Å². The first-order chi connectivity index (χ1) is 14.3. The van der Waals surface area contributed by atoms with Gasteiger partial charge in [-0.1, -0.05) is 29.8 Å². The number of carbonyl (C=O) groups excluding carboxylic acids is 3. The molecule has 2 aromatic carbocycles. The first-order valence-corrected chi connectivity index (χ1v) is 9.43. The summed E-state index contributed by atoms with van der Waals surface area (Å²) >= 11 is 0. The van der Waals surface area contributed by atoms with Gasteiger partial charge < -0.3 is 31.6 Å². The summed E-state index contributed by atoms with van der Waals surface area (Å²) in [5.74, 6) is 0.0742. The monoisotopic (exact) mass is 414 g/mol. The Morgan fingerprint density at radius 2 is 1.70 bits per heavy atom. The Bertz CT molecular complexity index is 853. The zero-order valence-corrected chi connectivity index (χ0v) is 16.7. The number of hydrogen-bond donors (Lipinski definition) is 4. The molecule has 30 heavy (non-hydrogen) atoms. The number of nitrogens with one attached hydrogen (secondary N) is 2. The molecule has 2 rings (SSSR count).